The molecular weight excluding hydrogens is 234 g/mol. The smallest absolute Gasteiger partial charge is 0.325 e. The number of carbonyl (C=O) groups is 2. The van der Waals surface area contributed by atoms with Gasteiger partial charge < -0.3 is 14.4 Å². The fourth-order valence-corrected chi connectivity index (χ4v) is 2.22. The van der Waals surface area contributed by atoms with Gasteiger partial charge in [0, 0.05) is 19.1 Å². The first kappa shape index (κ1) is 13.3. The van der Waals surface area contributed by atoms with E-state index in [1.807, 2.05) is 0 Å². The number of ether oxygens (including phenoxy) is 2. The molecule has 1 saturated heterocycles. The Balaban J connectivity index is 1.88. The van der Waals surface area contributed by atoms with E-state index >= 15 is 0 Å². The molecule has 2 aliphatic rings. The summed E-state index contributed by atoms with van der Waals surface area (Å²) in [5.74, 6) is -0.121. The highest BCUT2D eigenvalue weighted by atomic mass is 16.5. The van der Waals surface area contributed by atoms with E-state index in [-0.39, 0.29) is 30.4 Å². The summed E-state index contributed by atoms with van der Waals surface area (Å²) in [5, 5.41) is 0. The molecule has 1 heterocycles. The van der Waals surface area contributed by atoms with Gasteiger partial charge in [-0.05, 0) is 32.6 Å². The minimum atomic E-state index is -0.329. The predicted octanol–water partition coefficient (Wildman–Crippen LogP) is 0.967. The second-order valence-corrected chi connectivity index (χ2v) is 4.93. The van der Waals surface area contributed by atoms with Crippen LogP contribution in [0, 0.1) is 5.92 Å². The average Bonchev–Trinajstić information content (AvgIpc) is 3.07. The lowest BCUT2D eigenvalue weighted by Gasteiger charge is -2.24. The molecule has 0 aromatic carbocycles. The molecule has 1 saturated carbocycles. The van der Waals surface area contributed by atoms with Gasteiger partial charge in [0.25, 0.3) is 0 Å². The van der Waals surface area contributed by atoms with Crippen LogP contribution in [0.5, 0.6) is 0 Å². The van der Waals surface area contributed by atoms with Gasteiger partial charge >= 0.3 is 5.97 Å². The molecule has 5 nitrogen and oxygen atoms in total. The number of hydrogen-bond donors (Lipinski definition) is 0. The van der Waals surface area contributed by atoms with Gasteiger partial charge in [0.2, 0.25) is 5.91 Å². The van der Waals surface area contributed by atoms with Crippen molar-refractivity contribution in [3.63, 3.8) is 0 Å². The molecule has 0 radical (unpaired) electrons. The molecule has 102 valence electrons. The van der Waals surface area contributed by atoms with Gasteiger partial charge in [-0.15, -0.1) is 0 Å². The summed E-state index contributed by atoms with van der Waals surface area (Å²) in [5.41, 5.74) is 0. The lowest BCUT2D eigenvalue weighted by Crippen LogP contribution is -2.42. The van der Waals surface area contributed by atoms with E-state index in [2.05, 4.69) is 0 Å². The predicted molar refractivity (Wildman–Crippen MR) is 64.9 cm³/mol. The number of hydrogen-bond acceptors (Lipinski definition) is 4. The minimum Gasteiger partial charge on any atom is -0.465 e. The van der Waals surface area contributed by atoms with Gasteiger partial charge in [0.15, 0.2) is 0 Å². The molecule has 1 aliphatic heterocycles. The Morgan fingerprint density at radius 2 is 2.11 bits per heavy atom. The van der Waals surface area contributed by atoms with Gasteiger partial charge in [-0.3, -0.25) is 9.59 Å². The van der Waals surface area contributed by atoms with Crippen molar-refractivity contribution in [1.29, 1.82) is 0 Å². The van der Waals surface area contributed by atoms with Crippen molar-refractivity contribution in [2.24, 2.45) is 5.92 Å². The van der Waals surface area contributed by atoms with Crippen molar-refractivity contribution in [2.75, 3.05) is 26.3 Å². The van der Waals surface area contributed by atoms with Gasteiger partial charge in [0.05, 0.1) is 12.7 Å². The summed E-state index contributed by atoms with van der Waals surface area (Å²) in [6.07, 6.45) is 3.99. The first-order valence-electron chi connectivity index (χ1n) is 6.76. The number of esters is 1. The summed E-state index contributed by atoms with van der Waals surface area (Å²) in [7, 11) is 0. The van der Waals surface area contributed by atoms with Crippen LogP contribution in [0.25, 0.3) is 0 Å². The molecule has 2 fully saturated rings. The largest absolute Gasteiger partial charge is 0.465 e. The first-order chi connectivity index (χ1) is 8.70. The van der Waals surface area contributed by atoms with Crippen molar-refractivity contribution >= 4 is 11.9 Å². The van der Waals surface area contributed by atoms with E-state index in [0.717, 1.165) is 32.3 Å². The van der Waals surface area contributed by atoms with Crippen LogP contribution < -0.4 is 0 Å². The van der Waals surface area contributed by atoms with Gasteiger partial charge in [-0.1, -0.05) is 0 Å². The number of nitrogens with zero attached hydrogens (tertiary/aromatic N) is 1. The fraction of sp³-hybridized carbons (Fsp3) is 0.846. The zero-order valence-corrected chi connectivity index (χ0v) is 10.9. The van der Waals surface area contributed by atoms with E-state index < -0.39 is 0 Å². The monoisotopic (exact) mass is 255 g/mol. The SMILES string of the molecule is CCOC(=O)CN(CC1CCCO1)C(=O)C1CC1. The lowest BCUT2D eigenvalue weighted by molar-refractivity contribution is -0.150. The van der Waals surface area contributed by atoms with E-state index in [4.69, 9.17) is 9.47 Å². The van der Waals surface area contributed by atoms with Crippen molar-refractivity contribution in [2.45, 2.75) is 38.7 Å². The molecule has 0 bridgehead atoms. The fourth-order valence-electron chi connectivity index (χ4n) is 2.22. The Bertz CT molecular complexity index is 308. The molecule has 0 spiro atoms. The van der Waals surface area contributed by atoms with Crippen LogP contribution in [0.15, 0.2) is 0 Å². The molecule has 2 rings (SSSR count). The van der Waals surface area contributed by atoms with E-state index in [1.165, 1.54) is 0 Å². The molecule has 18 heavy (non-hydrogen) atoms. The van der Waals surface area contributed by atoms with E-state index in [9.17, 15) is 9.59 Å². The topological polar surface area (TPSA) is 55.8 Å². The maximum absolute atomic E-state index is 12.1. The summed E-state index contributed by atoms with van der Waals surface area (Å²) in [6, 6.07) is 0. The first-order valence-corrected chi connectivity index (χ1v) is 6.76. The normalized spacial score (nSPS) is 22.8. The summed E-state index contributed by atoms with van der Waals surface area (Å²) >= 11 is 0. The van der Waals surface area contributed by atoms with Crippen LogP contribution >= 0.6 is 0 Å². The molecule has 1 atom stereocenters. The molecule has 0 aromatic heterocycles. The molecule has 5 heteroatoms. The molecule has 1 unspecified atom stereocenters. The van der Waals surface area contributed by atoms with Gasteiger partial charge in [-0.25, -0.2) is 0 Å². The zero-order valence-electron chi connectivity index (χ0n) is 10.9. The van der Waals surface area contributed by atoms with Crippen molar-refractivity contribution < 1.29 is 19.1 Å². The standard InChI is InChI=1S/C13H21NO4/c1-2-17-12(15)9-14(13(16)10-5-6-10)8-11-4-3-7-18-11/h10-11H,2-9H2,1H3. The van der Waals surface area contributed by atoms with Crippen LogP contribution in [0.2, 0.25) is 0 Å². The third kappa shape index (κ3) is 3.70. The van der Waals surface area contributed by atoms with Gasteiger partial charge in [0.1, 0.15) is 6.54 Å². The zero-order chi connectivity index (χ0) is 13.0. The van der Waals surface area contributed by atoms with Crippen LogP contribution in [0.1, 0.15) is 32.6 Å². The average molecular weight is 255 g/mol. The Morgan fingerprint density at radius 3 is 2.67 bits per heavy atom. The number of rotatable bonds is 6. The summed E-state index contributed by atoms with van der Waals surface area (Å²) in [6.45, 7) is 3.46. The molecular formula is C13H21NO4. The molecule has 1 amide bonds. The van der Waals surface area contributed by atoms with E-state index in [0.29, 0.717) is 13.2 Å². The van der Waals surface area contributed by atoms with Crippen LogP contribution in [-0.4, -0.2) is 49.2 Å². The molecule has 0 N–H and O–H groups in total. The highest BCUT2D eigenvalue weighted by molar-refractivity contribution is 5.85. The molecule has 1 aliphatic carbocycles. The Hall–Kier alpha value is -1.10. The maximum Gasteiger partial charge on any atom is 0.325 e. The van der Waals surface area contributed by atoms with Crippen LogP contribution in [0.4, 0.5) is 0 Å². The van der Waals surface area contributed by atoms with Crippen molar-refractivity contribution in [1.82, 2.24) is 4.90 Å². The molecule has 0 aromatic rings. The van der Waals surface area contributed by atoms with Gasteiger partial charge in [-0.2, -0.15) is 0 Å². The second kappa shape index (κ2) is 6.18. The van der Waals surface area contributed by atoms with Crippen molar-refractivity contribution in [3.8, 4) is 0 Å². The van der Waals surface area contributed by atoms with Crippen LogP contribution in [0.3, 0.4) is 0 Å². The lowest BCUT2D eigenvalue weighted by atomic mass is 10.2. The second-order valence-electron chi connectivity index (χ2n) is 4.93. The van der Waals surface area contributed by atoms with Crippen LogP contribution in [-0.2, 0) is 19.1 Å². The summed E-state index contributed by atoms with van der Waals surface area (Å²) in [4.78, 5) is 25.2. The highest BCUT2D eigenvalue weighted by Gasteiger charge is 2.35. The quantitative estimate of drug-likeness (QED) is 0.664. The summed E-state index contributed by atoms with van der Waals surface area (Å²) < 4.78 is 10.4. The number of carbonyl (C=O) groups excluding carboxylic acids is 2. The minimum absolute atomic E-state index is 0.0586. The highest BCUT2D eigenvalue weighted by Crippen LogP contribution is 2.31. The van der Waals surface area contributed by atoms with E-state index in [1.54, 1.807) is 11.8 Å². The Labute approximate surface area is 107 Å². The number of amides is 1. The van der Waals surface area contributed by atoms with Crippen molar-refractivity contribution in [3.05, 3.63) is 0 Å². The Morgan fingerprint density at radius 1 is 1.33 bits per heavy atom. The third-order valence-electron chi connectivity index (χ3n) is 3.31. The Kier molecular flexibility index (Phi) is 4.58. The maximum atomic E-state index is 12.1. The third-order valence-corrected chi connectivity index (χ3v) is 3.31.